The number of nitrogens with zero attached hydrogens (tertiary/aromatic N) is 1. The van der Waals surface area contributed by atoms with Gasteiger partial charge in [-0.05, 0) is 43.4 Å². The van der Waals surface area contributed by atoms with Crippen LogP contribution in [0.5, 0.6) is 0 Å². The van der Waals surface area contributed by atoms with Crippen LogP contribution in [0.1, 0.15) is 42.1 Å². The molecule has 1 unspecified atom stereocenters. The third-order valence-corrected chi connectivity index (χ3v) is 4.37. The average molecular weight is 325 g/mol. The maximum absolute atomic E-state index is 12.6. The Hall–Kier alpha value is -1.03. The standard InChI is InChI=1S/C15H21BrN2O/c1-3-4-11-5-6-18(9-11)15(19)13-7-12(16)8-14(17)10(13)2/h7-8,11H,3-6,9,17H2,1-2H3. The number of benzene rings is 1. The van der Waals surface area contributed by atoms with Crippen LogP contribution in [0.15, 0.2) is 16.6 Å². The van der Waals surface area contributed by atoms with Crippen molar-refractivity contribution in [3.63, 3.8) is 0 Å². The Labute approximate surface area is 123 Å². The number of carbonyl (C=O) groups excluding carboxylic acids is 1. The Balaban J connectivity index is 2.17. The molecule has 4 heteroatoms. The number of carbonyl (C=O) groups is 1. The number of nitrogen functional groups attached to an aromatic ring is 1. The Morgan fingerprint density at radius 2 is 2.26 bits per heavy atom. The van der Waals surface area contributed by atoms with Crippen LogP contribution in [-0.4, -0.2) is 23.9 Å². The van der Waals surface area contributed by atoms with Crippen molar-refractivity contribution >= 4 is 27.5 Å². The third kappa shape index (κ3) is 3.11. The molecule has 0 aliphatic carbocycles. The zero-order valence-corrected chi connectivity index (χ0v) is 13.2. The minimum Gasteiger partial charge on any atom is -0.398 e. The van der Waals surface area contributed by atoms with Gasteiger partial charge in [0.2, 0.25) is 0 Å². The van der Waals surface area contributed by atoms with Crippen molar-refractivity contribution in [3.8, 4) is 0 Å². The van der Waals surface area contributed by atoms with E-state index in [-0.39, 0.29) is 5.91 Å². The van der Waals surface area contributed by atoms with Gasteiger partial charge in [-0.1, -0.05) is 29.3 Å². The SMILES string of the molecule is CCCC1CCN(C(=O)c2cc(Br)cc(N)c2C)C1. The molecule has 2 N–H and O–H groups in total. The predicted molar refractivity (Wildman–Crippen MR) is 82.2 cm³/mol. The largest absolute Gasteiger partial charge is 0.398 e. The molecule has 0 saturated carbocycles. The van der Waals surface area contributed by atoms with Gasteiger partial charge in [-0.15, -0.1) is 0 Å². The number of anilines is 1. The predicted octanol–water partition coefficient (Wildman–Crippen LogP) is 3.60. The molecule has 1 amide bonds. The molecule has 1 aromatic rings. The van der Waals surface area contributed by atoms with Gasteiger partial charge >= 0.3 is 0 Å². The summed E-state index contributed by atoms with van der Waals surface area (Å²) in [4.78, 5) is 14.5. The molecule has 3 nitrogen and oxygen atoms in total. The zero-order chi connectivity index (χ0) is 14.0. The van der Waals surface area contributed by atoms with Gasteiger partial charge in [0.1, 0.15) is 0 Å². The van der Waals surface area contributed by atoms with Gasteiger partial charge < -0.3 is 10.6 Å². The number of amides is 1. The molecule has 0 bridgehead atoms. The van der Waals surface area contributed by atoms with Crippen LogP contribution in [0.4, 0.5) is 5.69 Å². The monoisotopic (exact) mass is 324 g/mol. The van der Waals surface area contributed by atoms with E-state index in [4.69, 9.17) is 5.73 Å². The van der Waals surface area contributed by atoms with Crippen LogP contribution in [0, 0.1) is 12.8 Å². The van der Waals surface area contributed by atoms with Crippen LogP contribution < -0.4 is 5.73 Å². The maximum Gasteiger partial charge on any atom is 0.254 e. The first-order chi connectivity index (χ1) is 9.02. The second-order valence-corrected chi connectivity index (χ2v) is 6.28. The molecule has 104 valence electrons. The van der Waals surface area contributed by atoms with Gasteiger partial charge in [-0.25, -0.2) is 0 Å². The lowest BCUT2D eigenvalue weighted by atomic mass is 10.0. The van der Waals surface area contributed by atoms with E-state index < -0.39 is 0 Å². The van der Waals surface area contributed by atoms with Crippen molar-refractivity contribution in [2.75, 3.05) is 18.8 Å². The molecule has 1 aliphatic heterocycles. The second kappa shape index (κ2) is 5.95. The van der Waals surface area contributed by atoms with Gasteiger partial charge in [-0.2, -0.15) is 0 Å². The quantitative estimate of drug-likeness (QED) is 0.863. The highest BCUT2D eigenvalue weighted by Gasteiger charge is 2.27. The summed E-state index contributed by atoms with van der Waals surface area (Å²) in [6.07, 6.45) is 3.53. The summed E-state index contributed by atoms with van der Waals surface area (Å²) < 4.78 is 0.864. The molecule has 2 rings (SSSR count). The van der Waals surface area contributed by atoms with E-state index in [1.807, 2.05) is 24.0 Å². The second-order valence-electron chi connectivity index (χ2n) is 5.36. The topological polar surface area (TPSA) is 46.3 Å². The molecule has 1 fully saturated rings. The first-order valence-electron chi connectivity index (χ1n) is 6.87. The molecule has 19 heavy (non-hydrogen) atoms. The van der Waals surface area contributed by atoms with Crippen molar-refractivity contribution in [2.45, 2.75) is 33.1 Å². The summed E-state index contributed by atoms with van der Waals surface area (Å²) >= 11 is 3.41. The number of likely N-dealkylation sites (tertiary alicyclic amines) is 1. The lowest BCUT2D eigenvalue weighted by Gasteiger charge is -2.18. The highest BCUT2D eigenvalue weighted by atomic mass is 79.9. The van der Waals surface area contributed by atoms with Crippen LogP contribution in [-0.2, 0) is 0 Å². The normalized spacial score (nSPS) is 18.9. The van der Waals surface area contributed by atoms with E-state index in [9.17, 15) is 4.79 Å². The van der Waals surface area contributed by atoms with Gasteiger partial charge in [-0.3, -0.25) is 4.79 Å². The third-order valence-electron chi connectivity index (χ3n) is 3.91. The highest BCUT2D eigenvalue weighted by molar-refractivity contribution is 9.10. The van der Waals surface area contributed by atoms with Crippen molar-refractivity contribution < 1.29 is 4.79 Å². The van der Waals surface area contributed by atoms with E-state index in [2.05, 4.69) is 22.9 Å². The first kappa shape index (κ1) is 14.4. The summed E-state index contributed by atoms with van der Waals surface area (Å²) in [5.41, 5.74) is 8.21. The molecule has 1 aromatic carbocycles. The maximum atomic E-state index is 12.6. The molecule has 0 spiro atoms. The molecular formula is C15H21BrN2O. The zero-order valence-electron chi connectivity index (χ0n) is 11.6. The molecular weight excluding hydrogens is 304 g/mol. The lowest BCUT2D eigenvalue weighted by Crippen LogP contribution is -2.29. The number of hydrogen-bond donors (Lipinski definition) is 1. The molecule has 0 radical (unpaired) electrons. The minimum atomic E-state index is 0.115. The highest BCUT2D eigenvalue weighted by Crippen LogP contribution is 2.27. The summed E-state index contributed by atoms with van der Waals surface area (Å²) in [6, 6.07) is 3.72. The van der Waals surface area contributed by atoms with Crippen molar-refractivity contribution in [1.82, 2.24) is 4.90 Å². The van der Waals surface area contributed by atoms with E-state index in [0.29, 0.717) is 11.6 Å². The summed E-state index contributed by atoms with van der Waals surface area (Å²) in [5, 5.41) is 0. The summed E-state index contributed by atoms with van der Waals surface area (Å²) in [5.74, 6) is 0.780. The number of rotatable bonds is 3. The Kier molecular flexibility index (Phi) is 4.50. The van der Waals surface area contributed by atoms with E-state index in [1.165, 1.54) is 12.8 Å². The molecule has 1 atom stereocenters. The minimum absolute atomic E-state index is 0.115. The van der Waals surface area contributed by atoms with Gasteiger partial charge in [0.15, 0.2) is 0 Å². The Bertz CT molecular complexity index is 487. The molecule has 0 aromatic heterocycles. The van der Waals surface area contributed by atoms with Crippen LogP contribution in [0.25, 0.3) is 0 Å². The molecule has 1 saturated heterocycles. The number of hydrogen-bond acceptors (Lipinski definition) is 2. The van der Waals surface area contributed by atoms with E-state index in [1.54, 1.807) is 0 Å². The van der Waals surface area contributed by atoms with Crippen molar-refractivity contribution in [2.24, 2.45) is 5.92 Å². The number of halogens is 1. The van der Waals surface area contributed by atoms with E-state index in [0.717, 1.165) is 35.1 Å². The Morgan fingerprint density at radius 1 is 1.53 bits per heavy atom. The summed E-state index contributed by atoms with van der Waals surface area (Å²) in [7, 11) is 0. The fraction of sp³-hybridized carbons (Fsp3) is 0.533. The fourth-order valence-corrected chi connectivity index (χ4v) is 3.23. The smallest absolute Gasteiger partial charge is 0.254 e. The van der Waals surface area contributed by atoms with Crippen LogP contribution in [0.2, 0.25) is 0 Å². The summed E-state index contributed by atoms with van der Waals surface area (Å²) in [6.45, 7) is 5.87. The van der Waals surface area contributed by atoms with E-state index >= 15 is 0 Å². The van der Waals surface area contributed by atoms with Gasteiger partial charge in [0, 0.05) is 28.8 Å². The van der Waals surface area contributed by atoms with Gasteiger partial charge in [0.25, 0.3) is 5.91 Å². The average Bonchev–Trinajstić information content (AvgIpc) is 2.82. The fourth-order valence-electron chi connectivity index (χ4n) is 2.75. The first-order valence-corrected chi connectivity index (χ1v) is 7.67. The molecule has 1 aliphatic rings. The van der Waals surface area contributed by atoms with Gasteiger partial charge in [0.05, 0.1) is 0 Å². The lowest BCUT2D eigenvalue weighted by molar-refractivity contribution is 0.0786. The molecule has 1 heterocycles. The van der Waals surface area contributed by atoms with Crippen LogP contribution in [0.3, 0.4) is 0 Å². The Morgan fingerprint density at radius 3 is 2.95 bits per heavy atom. The van der Waals surface area contributed by atoms with Crippen molar-refractivity contribution in [3.05, 3.63) is 27.7 Å². The van der Waals surface area contributed by atoms with Crippen LogP contribution >= 0.6 is 15.9 Å². The van der Waals surface area contributed by atoms with Crippen molar-refractivity contribution in [1.29, 1.82) is 0 Å². The number of nitrogens with two attached hydrogens (primary N) is 1.